The van der Waals surface area contributed by atoms with Gasteiger partial charge in [0.1, 0.15) is 0 Å². The van der Waals surface area contributed by atoms with E-state index in [9.17, 15) is 5.11 Å². The Hall–Kier alpha value is -0.940. The first-order chi connectivity index (χ1) is 11.2. The summed E-state index contributed by atoms with van der Waals surface area (Å²) in [5.41, 5.74) is 4.51. The zero-order valence-corrected chi connectivity index (χ0v) is 15.1. The van der Waals surface area contributed by atoms with Gasteiger partial charge in [0.15, 0.2) is 0 Å². The number of hydrogen-bond donors (Lipinski definition) is 3. The van der Waals surface area contributed by atoms with Gasteiger partial charge in [-0.2, -0.15) is 0 Å². The molecule has 4 heteroatoms. The van der Waals surface area contributed by atoms with Crippen molar-refractivity contribution in [2.75, 3.05) is 33.7 Å². The Morgan fingerprint density at radius 3 is 2.26 bits per heavy atom. The monoisotopic (exact) mass is 321 g/mol. The molecule has 0 heterocycles. The van der Waals surface area contributed by atoms with Crippen molar-refractivity contribution in [3.05, 3.63) is 35.9 Å². The number of rotatable bonds is 7. The van der Waals surface area contributed by atoms with Crippen LogP contribution in [0.3, 0.4) is 0 Å². The zero-order chi connectivity index (χ0) is 16.9. The van der Waals surface area contributed by atoms with Crippen molar-refractivity contribution in [2.24, 2.45) is 5.92 Å². The summed E-state index contributed by atoms with van der Waals surface area (Å²) < 4.78 is 0. The van der Waals surface area contributed by atoms with E-state index < -0.39 is 0 Å². The molecule has 3 N–H and O–H groups in total. The van der Waals surface area contributed by atoms with Crippen LogP contribution in [0.4, 0.5) is 0 Å². The van der Waals surface area contributed by atoms with E-state index >= 15 is 0 Å². The predicted octanol–water partition coefficient (Wildman–Crippen LogP) is 2.58. The van der Waals surface area contributed by atoms with Crippen LogP contribution in [0.25, 0.3) is 0 Å². The molecular weight excluding hydrogens is 286 g/mol. The van der Waals surface area contributed by atoms with Gasteiger partial charge < -0.3 is 10.4 Å². The second-order valence-electron chi connectivity index (χ2n) is 6.50. The highest BCUT2D eigenvalue weighted by molar-refractivity contribution is 5.11. The van der Waals surface area contributed by atoms with E-state index in [0.717, 1.165) is 12.5 Å². The van der Waals surface area contributed by atoms with Crippen LogP contribution in [0.5, 0.6) is 0 Å². The topological polar surface area (TPSA) is 47.5 Å². The summed E-state index contributed by atoms with van der Waals surface area (Å²) in [5, 5.41) is 14.9. The van der Waals surface area contributed by atoms with Crippen molar-refractivity contribution in [3.8, 4) is 0 Å². The molecule has 1 fully saturated rings. The van der Waals surface area contributed by atoms with E-state index in [2.05, 4.69) is 34.8 Å². The van der Waals surface area contributed by atoms with Gasteiger partial charge in [-0.25, -0.2) is 5.01 Å². The summed E-state index contributed by atoms with van der Waals surface area (Å²) in [6.45, 7) is 4.51. The standard InChI is InChI=1S/C12H27N3O.C7H8/c1-13-8-12(16)10-15(14-2)9-11-6-4-3-5-7-11;1-7-5-3-2-4-6-7/h11-14,16H,3-10H2,1-2H3;2-6H,1H3/t12-;/m1./s1. The molecule has 1 aliphatic carbocycles. The van der Waals surface area contributed by atoms with Gasteiger partial charge in [-0.3, -0.25) is 5.43 Å². The summed E-state index contributed by atoms with van der Waals surface area (Å²) in [6.07, 6.45) is 6.56. The van der Waals surface area contributed by atoms with Crippen molar-refractivity contribution in [1.29, 1.82) is 0 Å². The number of benzene rings is 1. The molecule has 0 radical (unpaired) electrons. The van der Waals surface area contributed by atoms with E-state index in [1.54, 1.807) is 0 Å². The maximum Gasteiger partial charge on any atom is 0.0805 e. The highest BCUT2D eigenvalue weighted by atomic mass is 16.3. The Morgan fingerprint density at radius 1 is 1.13 bits per heavy atom. The quantitative estimate of drug-likeness (QED) is 0.676. The van der Waals surface area contributed by atoms with Gasteiger partial charge in [-0.05, 0) is 39.8 Å². The molecule has 0 unspecified atom stereocenters. The molecule has 1 saturated carbocycles. The van der Waals surface area contributed by atoms with E-state index in [1.165, 1.54) is 37.7 Å². The van der Waals surface area contributed by atoms with Crippen molar-refractivity contribution < 1.29 is 5.11 Å². The number of aryl methyl sites for hydroxylation is 1. The van der Waals surface area contributed by atoms with Crippen LogP contribution in [-0.4, -0.2) is 49.9 Å². The van der Waals surface area contributed by atoms with Crippen LogP contribution in [0.2, 0.25) is 0 Å². The molecule has 23 heavy (non-hydrogen) atoms. The molecule has 1 aromatic rings. The van der Waals surface area contributed by atoms with Gasteiger partial charge >= 0.3 is 0 Å². The molecule has 0 bridgehead atoms. The van der Waals surface area contributed by atoms with Gasteiger partial charge in [-0.1, -0.05) is 55.2 Å². The smallest absolute Gasteiger partial charge is 0.0805 e. The third-order valence-corrected chi connectivity index (χ3v) is 4.33. The molecular formula is C19H35N3O. The largest absolute Gasteiger partial charge is 0.390 e. The Labute approximate surface area is 142 Å². The summed E-state index contributed by atoms with van der Waals surface area (Å²) in [4.78, 5) is 0. The van der Waals surface area contributed by atoms with Crippen molar-refractivity contribution in [3.63, 3.8) is 0 Å². The fraction of sp³-hybridized carbons (Fsp3) is 0.684. The Balaban J connectivity index is 0.000000313. The highest BCUT2D eigenvalue weighted by Crippen LogP contribution is 2.23. The van der Waals surface area contributed by atoms with Crippen molar-refractivity contribution >= 4 is 0 Å². The fourth-order valence-corrected chi connectivity index (χ4v) is 3.03. The normalized spacial score (nSPS) is 16.7. The number of nitrogens with one attached hydrogen (secondary N) is 2. The second kappa shape index (κ2) is 12.5. The Bertz CT molecular complexity index is 379. The maximum atomic E-state index is 9.74. The molecule has 0 amide bonds. The Morgan fingerprint density at radius 2 is 1.78 bits per heavy atom. The van der Waals surface area contributed by atoms with Gasteiger partial charge in [0, 0.05) is 19.6 Å². The first kappa shape index (κ1) is 20.1. The highest BCUT2D eigenvalue weighted by Gasteiger charge is 2.18. The van der Waals surface area contributed by atoms with Crippen molar-refractivity contribution in [1.82, 2.24) is 15.8 Å². The van der Waals surface area contributed by atoms with E-state index in [0.29, 0.717) is 13.1 Å². The lowest BCUT2D eigenvalue weighted by atomic mass is 9.89. The van der Waals surface area contributed by atoms with Crippen LogP contribution in [0.1, 0.15) is 37.7 Å². The summed E-state index contributed by atoms with van der Waals surface area (Å²) in [5.74, 6) is 0.808. The molecule has 0 spiro atoms. The molecule has 0 aliphatic heterocycles. The van der Waals surface area contributed by atoms with E-state index in [4.69, 9.17) is 0 Å². The SMILES string of the molecule is CNC[C@@H](O)CN(CC1CCCCC1)NC.Cc1ccccc1. The molecule has 0 aromatic heterocycles. The van der Waals surface area contributed by atoms with Crippen LogP contribution < -0.4 is 10.7 Å². The summed E-state index contributed by atoms with van der Waals surface area (Å²) >= 11 is 0. The number of nitrogens with zero attached hydrogens (tertiary/aromatic N) is 1. The summed E-state index contributed by atoms with van der Waals surface area (Å²) in [6, 6.07) is 10.3. The Kier molecular flexibility index (Phi) is 10.9. The lowest BCUT2D eigenvalue weighted by Crippen LogP contribution is -2.46. The average molecular weight is 322 g/mol. The number of aliphatic hydroxyl groups is 1. The first-order valence-electron chi connectivity index (χ1n) is 8.92. The van der Waals surface area contributed by atoms with E-state index in [-0.39, 0.29) is 6.10 Å². The molecule has 1 aliphatic rings. The van der Waals surface area contributed by atoms with Gasteiger partial charge in [0.25, 0.3) is 0 Å². The first-order valence-corrected chi connectivity index (χ1v) is 8.92. The third-order valence-electron chi connectivity index (χ3n) is 4.33. The van der Waals surface area contributed by atoms with E-state index in [1.807, 2.05) is 32.3 Å². The predicted molar refractivity (Wildman–Crippen MR) is 98.3 cm³/mol. The minimum Gasteiger partial charge on any atom is -0.390 e. The third kappa shape index (κ3) is 9.72. The molecule has 0 saturated heterocycles. The second-order valence-corrected chi connectivity index (χ2v) is 6.50. The molecule has 2 rings (SSSR count). The number of hydrazine groups is 1. The van der Waals surface area contributed by atoms with Crippen LogP contribution in [0, 0.1) is 12.8 Å². The lowest BCUT2D eigenvalue weighted by Gasteiger charge is -2.30. The van der Waals surface area contributed by atoms with Crippen molar-refractivity contribution in [2.45, 2.75) is 45.1 Å². The van der Waals surface area contributed by atoms with Crippen LogP contribution in [-0.2, 0) is 0 Å². The molecule has 1 atom stereocenters. The van der Waals surface area contributed by atoms with Crippen LogP contribution >= 0.6 is 0 Å². The minimum atomic E-state index is -0.291. The van der Waals surface area contributed by atoms with Gasteiger partial charge in [0.05, 0.1) is 6.10 Å². The average Bonchev–Trinajstić information content (AvgIpc) is 2.57. The lowest BCUT2D eigenvalue weighted by molar-refractivity contribution is 0.0719. The summed E-state index contributed by atoms with van der Waals surface area (Å²) in [7, 11) is 3.81. The number of likely N-dealkylation sites (N-methyl/N-ethyl adjacent to an activating group) is 1. The van der Waals surface area contributed by atoms with Crippen LogP contribution in [0.15, 0.2) is 30.3 Å². The molecule has 1 aromatic carbocycles. The molecule has 4 nitrogen and oxygen atoms in total. The minimum absolute atomic E-state index is 0.291. The van der Waals surface area contributed by atoms with Gasteiger partial charge in [-0.15, -0.1) is 0 Å². The molecule has 132 valence electrons. The fourth-order valence-electron chi connectivity index (χ4n) is 3.03. The zero-order valence-electron chi connectivity index (χ0n) is 15.1. The number of hydrogen-bond acceptors (Lipinski definition) is 4. The number of aliphatic hydroxyl groups excluding tert-OH is 1. The van der Waals surface area contributed by atoms with Gasteiger partial charge in [0.2, 0.25) is 0 Å². The maximum absolute atomic E-state index is 9.74.